The number of nitrogens with zero attached hydrogens (tertiary/aromatic N) is 2. The fourth-order valence-corrected chi connectivity index (χ4v) is 4.68. The van der Waals surface area contributed by atoms with Gasteiger partial charge in [0.2, 0.25) is 0 Å². The molecule has 3 nitrogen and oxygen atoms in total. The minimum absolute atomic E-state index is 0.755. The van der Waals surface area contributed by atoms with Crippen molar-refractivity contribution in [2.75, 3.05) is 51.6 Å². The molecule has 2 fully saturated rings. The average molecular weight is 360 g/mol. The molecule has 6 heteroatoms. The van der Waals surface area contributed by atoms with Crippen molar-refractivity contribution in [2.24, 2.45) is 0 Å². The number of hydrogen-bond acceptors (Lipinski definition) is 4. The molecule has 0 saturated carbocycles. The van der Waals surface area contributed by atoms with Gasteiger partial charge in [-0.05, 0) is 31.2 Å². The zero-order chi connectivity index (χ0) is 15.4. The minimum atomic E-state index is 0.755. The smallest absolute Gasteiger partial charge is 0.0542 e. The quantitative estimate of drug-likeness (QED) is 0.814. The fourth-order valence-electron chi connectivity index (χ4n) is 3.18. The Balaban J connectivity index is 1.39. The molecule has 2 saturated heterocycles. The molecule has 0 aliphatic carbocycles. The van der Waals surface area contributed by atoms with Crippen LogP contribution in [0.3, 0.4) is 0 Å². The predicted molar refractivity (Wildman–Crippen MR) is 96.5 cm³/mol. The molecule has 0 spiro atoms. The van der Waals surface area contributed by atoms with Crippen molar-refractivity contribution in [2.45, 2.75) is 17.4 Å². The molecule has 122 valence electrons. The Bertz CT molecular complexity index is 486. The number of thioether (sulfide) groups is 1. The van der Waals surface area contributed by atoms with Crippen LogP contribution in [0.5, 0.6) is 0 Å². The molecule has 1 unspecified atom stereocenters. The van der Waals surface area contributed by atoms with E-state index in [0.29, 0.717) is 0 Å². The van der Waals surface area contributed by atoms with E-state index in [0.717, 1.165) is 33.3 Å². The van der Waals surface area contributed by atoms with E-state index in [2.05, 4.69) is 15.1 Å². The van der Waals surface area contributed by atoms with Gasteiger partial charge in [0.05, 0.1) is 5.02 Å². The highest BCUT2D eigenvalue weighted by Crippen LogP contribution is 2.29. The molecule has 1 atom stereocenters. The van der Waals surface area contributed by atoms with Gasteiger partial charge in [-0.1, -0.05) is 23.2 Å². The lowest BCUT2D eigenvalue weighted by Crippen LogP contribution is -2.51. The van der Waals surface area contributed by atoms with E-state index in [9.17, 15) is 0 Å². The Hall–Kier alpha value is 0.0300. The summed E-state index contributed by atoms with van der Waals surface area (Å²) in [6.07, 6.45) is 1.31. The van der Waals surface area contributed by atoms with Gasteiger partial charge in [0.15, 0.2) is 0 Å². The molecule has 0 bridgehead atoms. The van der Waals surface area contributed by atoms with Crippen LogP contribution in [0, 0.1) is 0 Å². The number of piperazine rings is 1. The van der Waals surface area contributed by atoms with Gasteiger partial charge >= 0.3 is 0 Å². The third-order valence-corrected chi connectivity index (χ3v) is 6.23. The summed E-state index contributed by atoms with van der Waals surface area (Å²) in [5.41, 5.74) is 0. The largest absolute Gasteiger partial charge is 0.315 e. The summed E-state index contributed by atoms with van der Waals surface area (Å²) >= 11 is 14.0. The number of benzene rings is 1. The lowest BCUT2D eigenvalue weighted by molar-refractivity contribution is 0.107. The molecule has 1 aromatic rings. The summed E-state index contributed by atoms with van der Waals surface area (Å²) in [7, 11) is 0. The second kappa shape index (κ2) is 8.22. The molecule has 0 aromatic heterocycles. The van der Waals surface area contributed by atoms with Crippen molar-refractivity contribution in [1.82, 2.24) is 15.1 Å². The predicted octanol–water partition coefficient (Wildman–Crippen LogP) is 3.07. The van der Waals surface area contributed by atoms with Gasteiger partial charge < -0.3 is 5.32 Å². The van der Waals surface area contributed by atoms with E-state index < -0.39 is 0 Å². The Kier molecular flexibility index (Phi) is 6.31. The molecular weight excluding hydrogens is 337 g/mol. The van der Waals surface area contributed by atoms with Crippen LogP contribution in [-0.4, -0.2) is 67.4 Å². The van der Waals surface area contributed by atoms with Crippen LogP contribution >= 0.6 is 35.0 Å². The van der Waals surface area contributed by atoms with Crippen molar-refractivity contribution >= 4 is 35.0 Å². The second-order valence-electron chi connectivity index (χ2n) is 5.95. The third-order valence-electron chi connectivity index (χ3n) is 4.52. The molecule has 0 radical (unpaired) electrons. The van der Waals surface area contributed by atoms with Crippen molar-refractivity contribution < 1.29 is 0 Å². The van der Waals surface area contributed by atoms with E-state index in [1.165, 1.54) is 45.7 Å². The van der Waals surface area contributed by atoms with Crippen LogP contribution in [0.25, 0.3) is 0 Å². The van der Waals surface area contributed by atoms with Gasteiger partial charge in [0.25, 0.3) is 0 Å². The van der Waals surface area contributed by atoms with Gasteiger partial charge in [-0.25, -0.2) is 0 Å². The first-order valence-electron chi connectivity index (χ1n) is 7.97. The first kappa shape index (κ1) is 16.9. The molecule has 3 rings (SSSR count). The van der Waals surface area contributed by atoms with E-state index in [4.69, 9.17) is 23.2 Å². The summed E-state index contributed by atoms with van der Waals surface area (Å²) in [5, 5.41) is 5.02. The summed E-state index contributed by atoms with van der Waals surface area (Å²) in [5.74, 6) is 1.06. The van der Waals surface area contributed by atoms with Gasteiger partial charge in [-0.15, -0.1) is 11.8 Å². The zero-order valence-corrected chi connectivity index (χ0v) is 15.1. The van der Waals surface area contributed by atoms with Crippen LogP contribution in [0.4, 0.5) is 0 Å². The Morgan fingerprint density at radius 3 is 2.73 bits per heavy atom. The zero-order valence-electron chi connectivity index (χ0n) is 12.7. The molecule has 1 N–H and O–H groups in total. The van der Waals surface area contributed by atoms with Crippen molar-refractivity contribution in [3.05, 3.63) is 28.2 Å². The normalized spacial score (nSPS) is 24.0. The maximum Gasteiger partial charge on any atom is 0.0542 e. The molecule has 2 aliphatic rings. The van der Waals surface area contributed by atoms with Crippen LogP contribution in [0.15, 0.2) is 23.1 Å². The van der Waals surface area contributed by atoms with Crippen molar-refractivity contribution in [3.8, 4) is 0 Å². The number of rotatable bonds is 5. The van der Waals surface area contributed by atoms with E-state index >= 15 is 0 Å². The van der Waals surface area contributed by atoms with Gasteiger partial charge in [-0.2, -0.15) is 0 Å². The maximum absolute atomic E-state index is 6.20. The first-order chi connectivity index (χ1) is 10.7. The van der Waals surface area contributed by atoms with Crippen LogP contribution in [0.2, 0.25) is 10.0 Å². The Labute approximate surface area is 147 Å². The molecule has 1 aromatic carbocycles. The number of halogens is 2. The maximum atomic E-state index is 6.20. The fraction of sp³-hybridized carbons (Fsp3) is 0.625. The Morgan fingerprint density at radius 1 is 1.18 bits per heavy atom. The summed E-state index contributed by atoms with van der Waals surface area (Å²) in [4.78, 5) is 6.30. The molecule has 0 amide bonds. The standard InChI is InChI=1S/C16H23Cl2N3S/c17-13-1-2-15(18)16(11-13)22-10-9-20-5-7-21(8-6-20)14-3-4-19-12-14/h1-2,11,14,19H,3-10,12H2. The average Bonchev–Trinajstić information content (AvgIpc) is 3.06. The van der Waals surface area contributed by atoms with Crippen LogP contribution in [0.1, 0.15) is 6.42 Å². The summed E-state index contributed by atoms with van der Waals surface area (Å²) in [6.45, 7) is 8.24. The monoisotopic (exact) mass is 359 g/mol. The molecule has 2 heterocycles. The minimum Gasteiger partial charge on any atom is -0.315 e. The Morgan fingerprint density at radius 2 is 2.00 bits per heavy atom. The van der Waals surface area contributed by atoms with Gasteiger partial charge in [0.1, 0.15) is 0 Å². The second-order valence-corrected chi connectivity index (χ2v) is 7.93. The molecule has 2 aliphatic heterocycles. The van der Waals surface area contributed by atoms with Gasteiger partial charge in [-0.3, -0.25) is 9.80 Å². The summed E-state index contributed by atoms with van der Waals surface area (Å²) in [6, 6.07) is 6.44. The SMILES string of the molecule is Clc1ccc(Cl)c(SCCN2CCN(C3CCNC3)CC2)c1. The lowest BCUT2D eigenvalue weighted by Gasteiger charge is -2.37. The summed E-state index contributed by atoms with van der Waals surface area (Å²) < 4.78 is 0. The highest BCUT2D eigenvalue weighted by atomic mass is 35.5. The van der Waals surface area contributed by atoms with E-state index in [-0.39, 0.29) is 0 Å². The highest BCUT2D eigenvalue weighted by molar-refractivity contribution is 7.99. The van der Waals surface area contributed by atoms with Crippen LogP contribution in [-0.2, 0) is 0 Å². The topological polar surface area (TPSA) is 18.5 Å². The molecular formula is C16H23Cl2N3S. The third kappa shape index (κ3) is 4.53. The highest BCUT2D eigenvalue weighted by Gasteiger charge is 2.25. The lowest BCUT2D eigenvalue weighted by atomic mass is 10.2. The van der Waals surface area contributed by atoms with Gasteiger partial charge in [0, 0.05) is 61.0 Å². The first-order valence-corrected chi connectivity index (χ1v) is 9.71. The van der Waals surface area contributed by atoms with E-state index in [1.54, 1.807) is 11.8 Å². The van der Waals surface area contributed by atoms with Crippen LogP contribution < -0.4 is 5.32 Å². The van der Waals surface area contributed by atoms with Crippen molar-refractivity contribution in [3.63, 3.8) is 0 Å². The van der Waals surface area contributed by atoms with E-state index in [1.807, 2.05) is 18.2 Å². The van der Waals surface area contributed by atoms with Crippen molar-refractivity contribution in [1.29, 1.82) is 0 Å². The number of hydrogen-bond donors (Lipinski definition) is 1. The number of nitrogens with one attached hydrogen (secondary N) is 1. The molecule has 22 heavy (non-hydrogen) atoms.